The van der Waals surface area contributed by atoms with Crippen molar-refractivity contribution in [2.24, 2.45) is 0 Å². The molecule has 7 heteroatoms. The number of aromatic nitrogens is 1. The summed E-state index contributed by atoms with van der Waals surface area (Å²) < 4.78 is 5.38. The van der Waals surface area contributed by atoms with Gasteiger partial charge < -0.3 is 10.1 Å². The van der Waals surface area contributed by atoms with E-state index in [2.05, 4.69) is 10.2 Å². The van der Waals surface area contributed by atoms with E-state index in [1.165, 1.54) is 11.8 Å². The maximum Gasteiger partial charge on any atom is 0.252 e. The van der Waals surface area contributed by atoms with Crippen molar-refractivity contribution in [3.05, 3.63) is 65.2 Å². The molecule has 1 N–H and O–H groups in total. The average molecular weight is 442 g/mol. The van der Waals surface area contributed by atoms with Crippen LogP contribution >= 0.6 is 23.4 Å². The van der Waals surface area contributed by atoms with Crippen LogP contribution in [0.2, 0.25) is 5.02 Å². The second kappa shape index (κ2) is 10.3. The normalized spacial score (nSPS) is 14.7. The van der Waals surface area contributed by atoms with Crippen LogP contribution in [0.15, 0.2) is 64.5 Å². The number of pyridine rings is 1. The van der Waals surface area contributed by atoms with E-state index < -0.39 is 0 Å². The maximum absolute atomic E-state index is 13.0. The van der Waals surface area contributed by atoms with Gasteiger partial charge in [-0.15, -0.1) is 0 Å². The van der Waals surface area contributed by atoms with Gasteiger partial charge in [0.05, 0.1) is 24.3 Å². The summed E-state index contributed by atoms with van der Waals surface area (Å²) in [6.07, 6.45) is 0.916. The minimum Gasteiger partial charge on any atom is -0.379 e. The Kier molecular flexibility index (Phi) is 7.23. The number of carbonyl (C=O) groups excluding carboxylic acids is 1. The van der Waals surface area contributed by atoms with Crippen molar-refractivity contribution < 1.29 is 9.53 Å². The Morgan fingerprint density at radius 3 is 2.80 bits per heavy atom. The highest BCUT2D eigenvalue weighted by Crippen LogP contribution is 2.31. The van der Waals surface area contributed by atoms with E-state index in [0.717, 1.165) is 60.1 Å². The molecule has 0 atom stereocenters. The van der Waals surface area contributed by atoms with E-state index in [-0.39, 0.29) is 5.91 Å². The van der Waals surface area contributed by atoms with Gasteiger partial charge in [-0.25, -0.2) is 4.98 Å². The molecule has 0 aliphatic carbocycles. The number of para-hydroxylation sites is 1. The van der Waals surface area contributed by atoms with Crippen molar-refractivity contribution in [3.8, 4) is 0 Å². The lowest BCUT2D eigenvalue weighted by molar-refractivity contribution is 0.0374. The molecule has 0 unspecified atom stereocenters. The van der Waals surface area contributed by atoms with Crippen LogP contribution in [0.1, 0.15) is 16.8 Å². The fourth-order valence-electron chi connectivity index (χ4n) is 3.47. The molecule has 1 aliphatic heterocycles. The number of benzene rings is 2. The zero-order valence-electron chi connectivity index (χ0n) is 16.6. The third-order valence-corrected chi connectivity index (χ3v) is 6.14. The van der Waals surface area contributed by atoms with Crippen molar-refractivity contribution in [1.82, 2.24) is 15.2 Å². The number of ether oxygens (including phenoxy) is 1. The second-order valence-corrected chi connectivity index (χ2v) is 8.68. The number of nitrogens with one attached hydrogen (secondary N) is 1. The molecule has 0 radical (unpaired) electrons. The van der Waals surface area contributed by atoms with Crippen molar-refractivity contribution >= 4 is 40.2 Å². The molecule has 3 aromatic rings. The van der Waals surface area contributed by atoms with E-state index in [0.29, 0.717) is 17.1 Å². The van der Waals surface area contributed by atoms with Gasteiger partial charge in [-0.05, 0) is 43.3 Å². The summed E-state index contributed by atoms with van der Waals surface area (Å²) in [7, 11) is 0. The standard InChI is InChI=1S/C23H24ClN3O2S/c24-17-5-3-6-18(15-17)30-22-16-20(19-7-1-2-8-21(19)26-22)23(28)25-9-4-10-27-11-13-29-14-12-27/h1-3,5-8,15-16H,4,9-14H2,(H,25,28). The Morgan fingerprint density at radius 2 is 1.97 bits per heavy atom. The lowest BCUT2D eigenvalue weighted by atomic mass is 10.1. The van der Waals surface area contributed by atoms with Gasteiger partial charge in [0.1, 0.15) is 5.03 Å². The number of amides is 1. The Bertz CT molecular complexity index is 1020. The highest BCUT2D eigenvalue weighted by molar-refractivity contribution is 7.99. The van der Waals surface area contributed by atoms with Gasteiger partial charge in [-0.1, -0.05) is 47.6 Å². The molecule has 0 bridgehead atoms. The van der Waals surface area contributed by atoms with Crippen LogP contribution in [-0.2, 0) is 4.74 Å². The Labute approximate surface area is 185 Å². The minimum absolute atomic E-state index is 0.0662. The number of hydrogen-bond donors (Lipinski definition) is 1. The summed E-state index contributed by atoms with van der Waals surface area (Å²) in [5.41, 5.74) is 1.46. The summed E-state index contributed by atoms with van der Waals surface area (Å²) in [4.78, 5) is 21.0. The van der Waals surface area contributed by atoms with Crippen molar-refractivity contribution in [2.75, 3.05) is 39.4 Å². The van der Waals surface area contributed by atoms with Crippen molar-refractivity contribution in [1.29, 1.82) is 0 Å². The molecule has 0 saturated carbocycles. The molecule has 1 aliphatic rings. The van der Waals surface area contributed by atoms with Crippen LogP contribution in [0, 0.1) is 0 Å². The van der Waals surface area contributed by atoms with Crippen LogP contribution in [-0.4, -0.2) is 55.2 Å². The molecule has 1 fully saturated rings. The molecule has 1 aromatic heterocycles. The largest absolute Gasteiger partial charge is 0.379 e. The first kappa shape index (κ1) is 21.1. The van der Waals surface area contributed by atoms with E-state index in [1.807, 2.05) is 54.6 Å². The molecule has 156 valence electrons. The fourth-order valence-corrected chi connectivity index (χ4v) is 4.62. The zero-order chi connectivity index (χ0) is 20.8. The van der Waals surface area contributed by atoms with Gasteiger partial charge in [-0.2, -0.15) is 0 Å². The Morgan fingerprint density at radius 1 is 1.13 bits per heavy atom. The summed E-state index contributed by atoms with van der Waals surface area (Å²) in [5, 5.41) is 5.39. The summed E-state index contributed by atoms with van der Waals surface area (Å²) >= 11 is 7.61. The number of hydrogen-bond acceptors (Lipinski definition) is 5. The highest BCUT2D eigenvalue weighted by Gasteiger charge is 2.14. The molecule has 1 saturated heterocycles. The highest BCUT2D eigenvalue weighted by atomic mass is 35.5. The quantitative estimate of drug-likeness (QED) is 0.547. The molecule has 5 nitrogen and oxygen atoms in total. The Balaban J connectivity index is 1.46. The predicted molar refractivity (Wildman–Crippen MR) is 122 cm³/mol. The molecular formula is C23H24ClN3O2S. The second-order valence-electron chi connectivity index (χ2n) is 7.15. The molecule has 2 heterocycles. The molecule has 2 aromatic carbocycles. The number of rotatable bonds is 7. The number of carbonyl (C=O) groups is 1. The fraction of sp³-hybridized carbons (Fsp3) is 0.304. The van der Waals surface area contributed by atoms with E-state index in [9.17, 15) is 4.79 Å². The van der Waals surface area contributed by atoms with Crippen molar-refractivity contribution in [3.63, 3.8) is 0 Å². The molecule has 4 rings (SSSR count). The van der Waals surface area contributed by atoms with Gasteiger partial charge in [-0.3, -0.25) is 9.69 Å². The predicted octanol–water partition coefficient (Wildman–Crippen LogP) is 4.49. The monoisotopic (exact) mass is 441 g/mol. The number of halogens is 1. The molecule has 0 spiro atoms. The lowest BCUT2D eigenvalue weighted by Crippen LogP contribution is -2.38. The summed E-state index contributed by atoms with van der Waals surface area (Å²) in [6.45, 7) is 5.13. The van der Waals surface area contributed by atoms with Crippen LogP contribution in [0.5, 0.6) is 0 Å². The van der Waals surface area contributed by atoms with Crippen LogP contribution < -0.4 is 5.32 Å². The zero-order valence-corrected chi connectivity index (χ0v) is 18.2. The number of morpholine rings is 1. The van der Waals surface area contributed by atoms with Gasteiger partial charge in [0.2, 0.25) is 0 Å². The number of fused-ring (bicyclic) bond motifs is 1. The third kappa shape index (κ3) is 5.52. The van der Waals surface area contributed by atoms with Crippen molar-refractivity contribution in [2.45, 2.75) is 16.3 Å². The third-order valence-electron chi connectivity index (χ3n) is 5.00. The summed E-state index contributed by atoms with van der Waals surface area (Å²) in [5.74, 6) is -0.0662. The molecule has 1 amide bonds. The average Bonchev–Trinajstić information content (AvgIpc) is 2.77. The SMILES string of the molecule is O=C(NCCCN1CCOCC1)c1cc(Sc2cccc(Cl)c2)nc2ccccc12. The van der Waals surface area contributed by atoms with E-state index in [4.69, 9.17) is 21.3 Å². The van der Waals surface area contributed by atoms with Crippen LogP contribution in [0.25, 0.3) is 10.9 Å². The lowest BCUT2D eigenvalue weighted by Gasteiger charge is -2.26. The van der Waals surface area contributed by atoms with Gasteiger partial charge in [0, 0.05) is 34.9 Å². The van der Waals surface area contributed by atoms with Gasteiger partial charge in [0.25, 0.3) is 5.91 Å². The maximum atomic E-state index is 13.0. The minimum atomic E-state index is -0.0662. The first-order valence-electron chi connectivity index (χ1n) is 10.1. The van der Waals surface area contributed by atoms with Gasteiger partial charge >= 0.3 is 0 Å². The Hall–Kier alpha value is -2.12. The smallest absolute Gasteiger partial charge is 0.252 e. The molecular weight excluding hydrogens is 418 g/mol. The van der Waals surface area contributed by atoms with Gasteiger partial charge in [0.15, 0.2) is 0 Å². The van der Waals surface area contributed by atoms with E-state index in [1.54, 1.807) is 0 Å². The topological polar surface area (TPSA) is 54.5 Å². The summed E-state index contributed by atoms with van der Waals surface area (Å²) in [6, 6.07) is 17.3. The first-order chi connectivity index (χ1) is 14.7. The first-order valence-corrected chi connectivity index (χ1v) is 11.3. The van der Waals surface area contributed by atoms with Crippen LogP contribution in [0.4, 0.5) is 0 Å². The number of nitrogens with zero attached hydrogens (tertiary/aromatic N) is 2. The van der Waals surface area contributed by atoms with Crippen LogP contribution in [0.3, 0.4) is 0 Å². The van der Waals surface area contributed by atoms with E-state index >= 15 is 0 Å². The molecule has 30 heavy (non-hydrogen) atoms.